The molecule has 5 heteroatoms. The van der Waals surface area contributed by atoms with Crippen LogP contribution < -0.4 is 0 Å². The topological polar surface area (TPSA) is 55.8 Å². The molecule has 31 heavy (non-hydrogen) atoms. The molecule has 2 fully saturated rings. The quantitative estimate of drug-likeness (QED) is 0.704. The third-order valence-corrected chi connectivity index (χ3v) is 6.98. The Kier molecular flexibility index (Phi) is 5.14. The van der Waals surface area contributed by atoms with Crippen molar-refractivity contribution in [2.24, 2.45) is 17.8 Å². The minimum atomic E-state index is -0.435. The van der Waals surface area contributed by atoms with Crippen molar-refractivity contribution >= 4 is 11.8 Å². The number of imide groups is 1. The Balaban J connectivity index is 1.65. The molecule has 0 saturated carbocycles. The van der Waals surface area contributed by atoms with Crippen LogP contribution in [0.2, 0.25) is 0 Å². The van der Waals surface area contributed by atoms with Crippen LogP contribution in [-0.2, 0) is 19.1 Å². The van der Waals surface area contributed by atoms with E-state index in [1.165, 1.54) is 4.90 Å². The van der Waals surface area contributed by atoms with Crippen molar-refractivity contribution in [1.29, 1.82) is 0 Å². The molecule has 2 aromatic carbocycles. The van der Waals surface area contributed by atoms with E-state index in [1.807, 2.05) is 55.5 Å². The number of hydrogen-bond acceptors (Lipinski definition) is 4. The predicted octanol–water partition coefficient (Wildman–Crippen LogP) is 4.08. The van der Waals surface area contributed by atoms with Gasteiger partial charge in [0.15, 0.2) is 6.29 Å². The molecule has 0 N–H and O–H groups in total. The number of amides is 2. The van der Waals surface area contributed by atoms with E-state index in [-0.39, 0.29) is 35.9 Å². The van der Waals surface area contributed by atoms with Crippen LogP contribution in [0, 0.1) is 17.8 Å². The maximum atomic E-state index is 13.4. The van der Waals surface area contributed by atoms with Gasteiger partial charge in [-0.05, 0) is 24.1 Å². The average Bonchev–Trinajstić information content (AvgIpc) is 3.04. The number of nitrogens with zero attached hydrogens (tertiary/aromatic N) is 1. The zero-order valence-electron chi connectivity index (χ0n) is 17.8. The summed E-state index contributed by atoms with van der Waals surface area (Å²) < 4.78 is 12.2. The molecule has 2 aliphatic heterocycles. The average molecular weight is 418 g/mol. The fourth-order valence-corrected chi connectivity index (χ4v) is 5.62. The standard InChI is InChI=1S/C26H27NO4/c1-3-30-21-15-19(17-12-8-5-9-13-17)22-20(31-21)14-18(16-10-6-4-7-11-16)23-24(22)26(29)27(2)25(23)28/h4-14,18-19,21-24H,3,15H2,1-2H3/t18-,19-,21+,22-,23+,24-/m0/s1. The Morgan fingerprint density at radius 1 is 0.903 bits per heavy atom. The van der Waals surface area contributed by atoms with Gasteiger partial charge in [0.2, 0.25) is 11.8 Å². The lowest BCUT2D eigenvalue weighted by Crippen LogP contribution is -2.44. The Bertz CT molecular complexity index is 1000. The largest absolute Gasteiger partial charge is 0.469 e. The molecule has 5 rings (SSSR count). The van der Waals surface area contributed by atoms with Crippen molar-refractivity contribution in [1.82, 2.24) is 4.90 Å². The summed E-state index contributed by atoms with van der Waals surface area (Å²) in [6.07, 6.45) is 2.37. The van der Waals surface area contributed by atoms with Crippen LogP contribution in [0.5, 0.6) is 0 Å². The molecule has 0 spiro atoms. The zero-order valence-corrected chi connectivity index (χ0v) is 17.8. The van der Waals surface area contributed by atoms with Crippen molar-refractivity contribution in [2.45, 2.75) is 31.5 Å². The van der Waals surface area contributed by atoms with Crippen LogP contribution in [0.1, 0.15) is 36.3 Å². The van der Waals surface area contributed by atoms with Gasteiger partial charge in [0.25, 0.3) is 0 Å². The molecular weight excluding hydrogens is 390 g/mol. The van der Waals surface area contributed by atoms with E-state index in [1.54, 1.807) is 7.05 Å². The van der Waals surface area contributed by atoms with Gasteiger partial charge >= 0.3 is 0 Å². The third-order valence-electron chi connectivity index (χ3n) is 6.98. The maximum Gasteiger partial charge on any atom is 0.233 e. The van der Waals surface area contributed by atoms with E-state index in [9.17, 15) is 9.59 Å². The first kappa shape index (κ1) is 20.0. The summed E-state index contributed by atoms with van der Waals surface area (Å²) in [5.74, 6) is -0.595. The van der Waals surface area contributed by atoms with Gasteiger partial charge in [-0.1, -0.05) is 60.7 Å². The van der Waals surface area contributed by atoms with Crippen LogP contribution in [-0.4, -0.2) is 36.7 Å². The van der Waals surface area contributed by atoms with Gasteiger partial charge in [-0.15, -0.1) is 0 Å². The molecule has 0 unspecified atom stereocenters. The molecule has 0 aromatic heterocycles. The van der Waals surface area contributed by atoms with E-state index in [2.05, 4.69) is 18.2 Å². The number of rotatable bonds is 4. The highest BCUT2D eigenvalue weighted by molar-refractivity contribution is 6.06. The number of benzene rings is 2. The van der Waals surface area contributed by atoms with Gasteiger partial charge in [-0.3, -0.25) is 14.5 Å². The lowest BCUT2D eigenvalue weighted by atomic mass is 9.62. The molecular formula is C26H27NO4. The monoisotopic (exact) mass is 417 g/mol. The second-order valence-electron chi connectivity index (χ2n) is 8.57. The van der Waals surface area contributed by atoms with E-state index in [0.29, 0.717) is 13.0 Å². The number of allylic oxidation sites excluding steroid dienone is 2. The molecule has 6 atom stereocenters. The van der Waals surface area contributed by atoms with Crippen LogP contribution in [0.3, 0.4) is 0 Å². The molecule has 0 radical (unpaired) electrons. The Labute approximate surface area is 182 Å². The Hall–Kier alpha value is -2.92. The molecule has 0 bridgehead atoms. The normalized spacial score (nSPS) is 32.2. The van der Waals surface area contributed by atoms with Crippen LogP contribution in [0.15, 0.2) is 72.5 Å². The van der Waals surface area contributed by atoms with Crippen molar-refractivity contribution < 1.29 is 19.1 Å². The maximum absolute atomic E-state index is 13.4. The highest BCUT2D eigenvalue weighted by Gasteiger charge is 2.59. The van der Waals surface area contributed by atoms with Crippen LogP contribution in [0.4, 0.5) is 0 Å². The smallest absolute Gasteiger partial charge is 0.233 e. The van der Waals surface area contributed by atoms with Gasteiger partial charge in [-0.2, -0.15) is 0 Å². The van der Waals surface area contributed by atoms with Crippen molar-refractivity contribution in [3.05, 3.63) is 83.6 Å². The second-order valence-corrected chi connectivity index (χ2v) is 8.57. The second kappa shape index (κ2) is 7.97. The van der Waals surface area contributed by atoms with E-state index in [4.69, 9.17) is 9.47 Å². The first-order valence-corrected chi connectivity index (χ1v) is 11.0. The van der Waals surface area contributed by atoms with Gasteiger partial charge in [-0.25, -0.2) is 0 Å². The third kappa shape index (κ3) is 3.28. The summed E-state index contributed by atoms with van der Waals surface area (Å²) in [5, 5.41) is 0. The summed E-state index contributed by atoms with van der Waals surface area (Å²) in [5.41, 5.74) is 2.18. The molecule has 2 saturated heterocycles. The van der Waals surface area contributed by atoms with Crippen LogP contribution >= 0.6 is 0 Å². The SMILES string of the molecule is CCO[C@H]1C[C@@H](c2ccccc2)[C@H]2C(=C[C@@H](c3ccccc3)[C@H]3C(=O)N(C)C(=O)[C@H]32)O1. The number of carbonyl (C=O) groups excluding carboxylic acids is 2. The molecule has 2 amide bonds. The number of fused-ring (bicyclic) bond motifs is 3. The predicted molar refractivity (Wildman–Crippen MR) is 116 cm³/mol. The minimum Gasteiger partial charge on any atom is -0.469 e. The highest BCUT2D eigenvalue weighted by Crippen LogP contribution is 2.55. The first-order chi connectivity index (χ1) is 15.1. The van der Waals surface area contributed by atoms with E-state index < -0.39 is 11.8 Å². The highest BCUT2D eigenvalue weighted by atomic mass is 16.7. The molecule has 2 aromatic rings. The summed E-state index contributed by atoms with van der Waals surface area (Å²) in [6.45, 7) is 2.51. The van der Waals surface area contributed by atoms with Gasteiger partial charge in [0.1, 0.15) is 5.76 Å². The van der Waals surface area contributed by atoms with Gasteiger partial charge in [0, 0.05) is 37.8 Å². The lowest BCUT2D eigenvalue weighted by molar-refractivity contribution is -0.160. The number of likely N-dealkylation sites (tertiary alicyclic amines) is 1. The molecule has 3 aliphatic rings. The number of carbonyl (C=O) groups is 2. The number of ether oxygens (including phenoxy) is 2. The fraction of sp³-hybridized carbons (Fsp3) is 0.385. The summed E-state index contributed by atoms with van der Waals surface area (Å²) >= 11 is 0. The van der Waals surface area contributed by atoms with Crippen molar-refractivity contribution in [2.75, 3.05) is 13.7 Å². The first-order valence-electron chi connectivity index (χ1n) is 11.0. The zero-order chi connectivity index (χ0) is 21.5. The number of hydrogen-bond donors (Lipinski definition) is 0. The minimum absolute atomic E-state index is 0.0465. The molecule has 160 valence electrons. The molecule has 2 heterocycles. The van der Waals surface area contributed by atoms with Crippen molar-refractivity contribution in [3.63, 3.8) is 0 Å². The van der Waals surface area contributed by atoms with Crippen molar-refractivity contribution in [3.8, 4) is 0 Å². The summed E-state index contributed by atoms with van der Waals surface area (Å²) in [7, 11) is 1.61. The van der Waals surface area contributed by atoms with Gasteiger partial charge in [0.05, 0.1) is 11.8 Å². The van der Waals surface area contributed by atoms with E-state index >= 15 is 0 Å². The lowest BCUT2D eigenvalue weighted by Gasteiger charge is -2.45. The van der Waals surface area contributed by atoms with E-state index in [0.717, 1.165) is 16.9 Å². The summed E-state index contributed by atoms with van der Waals surface area (Å²) in [6, 6.07) is 20.2. The van der Waals surface area contributed by atoms with Gasteiger partial charge < -0.3 is 9.47 Å². The van der Waals surface area contributed by atoms with Crippen LogP contribution in [0.25, 0.3) is 0 Å². The molecule has 1 aliphatic carbocycles. The molecule has 5 nitrogen and oxygen atoms in total. The summed E-state index contributed by atoms with van der Waals surface area (Å²) in [4.78, 5) is 27.9. The Morgan fingerprint density at radius 3 is 2.16 bits per heavy atom. The Morgan fingerprint density at radius 2 is 1.52 bits per heavy atom. The fourth-order valence-electron chi connectivity index (χ4n) is 5.62.